The summed E-state index contributed by atoms with van der Waals surface area (Å²) in [5.41, 5.74) is 0.822. The molecule has 4 nitrogen and oxygen atoms in total. The molecule has 19 heavy (non-hydrogen) atoms. The van der Waals surface area contributed by atoms with Gasteiger partial charge in [0.1, 0.15) is 0 Å². The maximum atomic E-state index is 10.7. The molecule has 1 aromatic carbocycles. The van der Waals surface area contributed by atoms with E-state index in [1.165, 1.54) is 25.0 Å². The van der Waals surface area contributed by atoms with E-state index in [0.29, 0.717) is 16.3 Å². The normalized spacial score (nSPS) is 22.4. The summed E-state index contributed by atoms with van der Waals surface area (Å²) in [4.78, 5) is 10.2. The van der Waals surface area contributed by atoms with Gasteiger partial charge < -0.3 is 5.32 Å². The molecule has 2 unspecified atom stereocenters. The molecule has 0 amide bonds. The van der Waals surface area contributed by atoms with Crippen LogP contribution in [0.4, 0.5) is 11.4 Å². The van der Waals surface area contributed by atoms with Gasteiger partial charge in [-0.15, -0.1) is 0 Å². The molecule has 0 aromatic heterocycles. The molecule has 6 heteroatoms. The van der Waals surface area contributed by atoms with E-state index < -0.39 is 4.92 Å². The first-order chi connectivity index (χ1) is 9.11. The summed E-state index contributed by atoms with van der Waals surface area (Å²) >= 11 is 8.07. The highest BCUT2D eigenvalue weighted by molar-refractivity contribution is 7.99. The van der Waals surface area contributed by atoms with Crippen LogP contribution < -0.4 is 5.32 Å². The van der Waals surface area contributed by atoms with Crippen LogP contribution in [0.3, 0.4) is 0 Å². The number of hydrogen-bond donors (Lipinski definition) is 1. The molecule has 0 bridgehead atoms. The van der Waals surface area contributed by atoms with Crippen molar-refractivity contribution >= 4 is 34.7 Å². The van der Waals surface area contributed by atoms with Gasteiger partial charge in [0.15, 0.2) is 0 Å². The third-order valence-corrected chi connectivity index (χ3v) is 4.98. The van der Waals surface area contributed by atoms with Crippen LogP contribution >= 0.6 is 23.4 Å². The predicted molar refractivity (Wildman–Crippen MR) is 81.3 cm³/mol. The summed E-state index contributed by atoms with van der Waals surface area (Å²) in [6.07, 6.45) is 3.58. The van der Waals surface area contributed by atoms with Gasteiger partial charge in [-0.2, -0.15) is 11.8 Å². The van der Waals surface area contributed by atoms with Crippen LogP contribution in [0, 0.1) is 10.1 Å². The van der Waals surface area contributed by atoms with Crippen molar-refractivity contribution in [2.75, 3.05) is 11.1 Å². The van der Waals surface area contributed by atoms with Gasteiger partial charge in [0.05, 0.1) is 15.6 Å². The number of halogens is 1. The fourth-order valence-corrected chi connectivity index (χ4v) is 3.87. The molecule has 0 aliphatic heterocycles. The molecule has 0 radical (unpaired) electrons. The zero-order chi connectivity index (χ0) is 13.8. The number of nitrogens with zero attached hydrogens (tertiary/aromatic N) is 1. The van der Waals surface area contributed by atoms with Crippen LogP contribution in [0.15, 0.2) is 18.2 Å². The number of non-ortho nitro benzene ring substituents is 1. The summed E-state index contributed by atoms with van der Waals surface area (Å²) < 4.78 is 0. The number of rotatable bonds is 5. The summed E-state index contributed by atoms with van der Waals surface area (Å²) in [5, 5.41) is 15.1. The van der Waals surface area contributed by atoms with Crippen LogP contribution in [-0.2, 0) is 0 Å². The van der Waals surface area contributed by atoms with Crippen LogP contribution in [0.1, 0.15) is 26.2 Å². The largest absolute Gasteiger partial charge is 0.380 e. The SMILES string of the molecule is CCSC1CCCC1Nc1ccc([N+](=O)[O-])cc1Cl. The van der Waals surface area contributed by atoms with Crippen LogP contribution in [0.5, 0.6) is 0 Å². The topological polar surface area (TPSA) is 55.2 Å². The maximum absolute atomic E-state index is 10.7. The minimum atomic E-state index is -0.430. The molecular formula is C13H17ClN2O2S. The van der Waals surface area contributed by atoms with E-state index in [-0.39, 0.29) is 5.69 Å². The van der Waals surface area contributed by atoms with Gasteiger partial charge in [-0.1, -0.05) is 24.9 Å². The summed E-state index contributed by atoms with van der Waals surface area (Å²) in [6.45, 7) is 2.17. The summed E-state index contributed by atoms with van der Waals surface area (Å²) in [6, 6.07) is 5.00. The molecule has 1 aliphatic rings. The lowest BCUT2D eigenvalue weighted by Gasteiger charge is -2.21. The number of hydrogen-bond acceptors (Lipinski definition) is 4. The minimum absolute atomic E-state index is 0.0291. The average molecular weight is 301 g/mol. The Kier molecular flexibility index (Phi) is 4.93. The standard InChI is InChI=1S/C13H17ClN2O2S/c1-2-19-13-5-3-4-12(13)15-11-7-6-9(16(17)18)8-10(11)14/h6-8,12-13,15H,2-5H2,1H3. The molecule has 1 aliphatic carbocycles. The maximum Gasteiger partial charge on any atom is 0.271 e. The lowest BCUT2D eigenvalue weighted by atomic mass is 10.2. The van der Waals surface area contributed by atoms with Gasteiger partial charge in [0.2, 0.25) is 0 Å². The second kappa shape index (κ2) is 6.48. The van der Waals surface area contributed by atoms with Gasteiger partial charge in [0, 0.05) is 23.4 Å². The Morgan fingerprint density at radius 3 is 2.95 bits per heavy atom. The van der Waals surface area contributed by atoms with E-state index in [4.69, 9.17) is 11.6 Å². The number of nitro groups is 1. The van der Waals surface area contributed by atoms with Gasteiger partial charge in [-0.25, -0.2) is 0 Å². The lowest BCUT2D eigenvalue weighted by Crippen LogP contribution is -2.26. The molecule has 2 rings (SSSR count). The first kappa shape index (κ1) is 14.5. The Morgan fingerprint density at radius 1 is 1.53 bits per heavy atom. The molecule has 1 saturated carbocycles. The fourth-order valence-electron chi connectivity index (χ4n) is 2.44. The Hall–Kier alpha value is -0.940. The van der Waals surface area contributed by atoms with Gasteiger partial charge in [-0.05, 0) is 24.7 Å². The fraction of sp³-hybridized carbons (Fsp3) is 0.538. The van der Waals surface area contributed by atoms with E-state index in [2.05, 4.69) is 12.2 Å². The predicted octanol–water partition coefficient (Wildman–Crippen LogP) is 4.33. The highest BCUT2D eigenvalue weighted by Crippen LogP contribution is 2.34. The summed E-state index contributed by atoms with van der Waals surface area (Å²) in [5.74, 6) is 1.11. The van der Waals surface area contributed by atoms with E-state index in [1.54, 1.807) is 6.07 Å². The van der Waals surface area contributed by atoms with Crippen molar-refractivity contribution in [3.8, 4) is 0 Å². The van der Waals surface area contributed by atoms with Crippen molar-refractivity contribution in [3.05, 3.63) is 33.3 Å². The van der Waals surface area contributed by atoms with Crippen LogP contribution in [0.25, 0.3) is 0 Å². The molecule has 1 fully saturated rings. The Morgan fingerprint density at radius 2 is 2.32 bits per heavy atom. The van der Waals surface area contributed by atoms with E-state index in [1.807, 2.05) is 11.8 Å². The van der Waals surface area contributed by atoms with E-state index in [9.17, 15) is 10.1 Å². The number of thioether (sulfide) groups is 1. The smallest absolute Gasteiger partial charge is 0.271 e. The number of benzene rings is 1. The first-order valence-corrected chi connectivity index (χ1v) is 7.86. The highest BCUT2D eigenvalue weighted by Gasteiger charge is 2.27. The van der Waals surface area contributed by atoms with Crippen molar-refractivity contribution < 1.29 is 4.92 Å². The second-order valence-electron chi connectivity index (χ2n) is 4.60. The number of anilines is 1. The zero-order valence-electron chi connectivity index (χ0n) is 10.8. The molecule has 1 N–H and O–H groups in total. The third-order valence-electron chi connectivity index (χ3n) is 3.34. The quantitative estimate of drug-likeness (QED) is 0.649. The molecule has 0 saturated heterocycles. The van der Waals surface area contributed by atoms with Crippen molar-refractivity contribution in [1.29, 1.82) is 0 Å². The zero-order valence-corrected chi connectivity index (χ0v) is 12.3. The van der Waals surface area contributed by atoms with E-state index in [0.717, 1.165) is 17.9 Å². The van der Waals surface area contributed by atoms with Crippen molar-refractivity contribution in [2.45, 2.75) is 37.5 Å². The highest BCUT2D eigenvalue weighted by atomic mass is 35.5. The van der Waals surface area contributed by atoms with Crippen molar-refractivity contribution in [3.63, 3.8) is 0 Å². The van der Waals surface area contributed by atoms with Crippen LogP contribution in [0.2, 0.25) is 5.02 Å². The van der Waals surface area contributed by atoms with Crippen molar-refractivity contribution in [2.24, 2.45) is 0 Å². The Bertz CT molecular complexity index is 470. The van der Waals surface area contributed by atoms with E-state index >= 15 is 0 Å². The van der Waals surface area contributed by atoms with Gasteiger partial charge >= 0.3 is 0 Å². The number of nitrogens with one attached hydrogen (secondary N) is 1. The Labute approximate surface area is 122 Å². The molecule has 2 atom stereocenters. The second-order valence-corrected chi connectivity index (χ2v) is 6.52. The van der Waals surface area contributed by atoms with Gasteiger partial charge in [0.25, 0.3) is 5.69 Å². The summed E-state index contributed by atoms with van der Waals surface area (Å²) in [7, 11) is 0. The Balaban J connectivity index is 2.08. The molecule has 1 aromatic rings. The molecular weight excluding hydrogens is 284 g/mol. The minimum Gasteiger partial charge on any atom is -0.380 e. The molecule has 0 spiro atoms. The molecule has 104 valence electrons. The van der Waals surface area contributed by atoms with Crippen molar-refractivity contribution in [1.82, 2.24) is 0 Å². The molecule has 0 heterocycles. The number of nitro benzene ring substituents is 1. The first-order valence-electron chi connectivity index (χ1n) is 6.44. The average Bonchev–Trinajstić information content (AvgIpc) is 2.79. The van der Waals surface area contributed by atoms with Gasteiger partial charge in [-0.3, -0.25) is 10.1 Å². The van der Waals surface area contributed by atoms with Crippen LogP contribution in [-0.4, -0.2) is 22.0 Å². The lowest BCUT2D eigenvalue weighted by molar-refractivity contribution is -0.384. The third kappa shape index (κ3) is 3.54. The monoisotopic (exact) mass is 300 g/mol.